The molecule has 1 aliphatic rings. The number of nitrogens with zero attached hydrogens (tertiary/aromatic N) is 2. The molecule has 0 atom stereocenters. The number of para-hydroxylation sites is 3. The Hall–Kier alpha value is -2.49. The number of hydrogen-bond acceptors (Lipinski definition) is 4. The summed E-state index contributed by atoms with van der Waals surface area (Å²) < 4.78 is 5.48. The zero-order valence-electron chi connectivity index (χ0n) is 18.7. The number of anilines is 1. The van der Waals surface area contributed by atoms with Gasteiger partial charge in [-0.2, -0.15) is 0 Å². The maximum absolute atomic E-state index is 12.4. The van der Waals surface area contributed by atoms with E-state index < -0.39 is 0 Å². The van der Waals surface area contributed by atoms with Gasteiger partial charge in [-0.05, 0) is 37.2 Å². The minimum absolute atomic E-state index is 0. The van der Waals surface area contributed by atoms with Gasteiger partial charge in [0.2, 0.25) is 0 Å². The van der Waals surface area contributed by atoms with Crippen LogP contribution in [0.4, 0.5) is 5.69 Å². The fourth-order valence-electron chi connectivity index (χ4n) is 3.90. The van der Waals surface area contributed by atoms with Crippen molar-refractivity contribution < 1.29 is 20.5 Å². The highest BCUT2D eigenvalue weighted by Crippen LogP contribution is 2.28. The van der Waals surface area contributed by atoms with Crippen LogP contribution < -0.4 is 15.0 Å². The monoisotopic (exact) mass is 500 g/mol. The predicted octanol–water partition coefficient (Wildman–Crippen LogP) is 2.31. The molecule has 3 aromatic rings. The number of benzene rings is 2. The van der Waals surface area contributed by atoms with Crippen molar-refractivity contribution in [2.75, 3.05) is 51.3 Å². The van der Waals surface area contributed by atoms with Gasteiger partial charge in [0.1, 0.15) is 11.4 Å². The van der Waals surface area contributed by atoms with E-state index in [4.69, 9.17) is 4.74 Å². The average molecular weight is 501 g/mol. The largest absolute Gasteiger partial charge is 0.495 e. The van der Waals surface area contributed by atoms with Gasteiger partial charge in [-0.25, -0.2) is 0 Å². The smallest absolute Gasteiger partial charge is 0.267 e. The molecule has 0 saturated carbocycles. The number of amides is 1. The van der Waals surface area contributed by atoms with E-state index >= 15 is 0 Å². The van der Waals surface area contributed by atoms with Crippen LogP contribution in [-0.2, 0) is 0 Å². The summed E-state index contributed by atoms with van der Waals surface area (Å²) >= 11 is 0. The number of halogens is 2. The van der Waals surface area contributed by atoms with Gasteiger partial charge in [0, 0.05) is 43.6 Å². The lowest BCUT2D eigenvalue weighted by Gasteiger charge is -2.36. The van der Waals surface area contributed by atoms with Crippen molar-refractivity contribution in [2.45, 2.75) is 6.42 Å². The van der Waals surface area contributed by atoms with Crippen molar-refractivity contribution in [1.82, 2.24) is 15.2 Å². The van der Waals surface area contributed by atoms with E-state index in [0.717, 1.165) is 55.8 Å². The molecule has 184 valence electrons. The Bertz CT molecular complexity index is 945. The first-order valence-corrected chi connectivity index (χ1v) is 10.2. The topological polar surface area (TPSA) is 124 Å². The van der Waals surface area contributed by atoms with Crippen molar-refractivity contribution in [3.63, 3.8) is 0 Å². The minimum atomic E-state index is -0.0396. The van der Waals surface area contributed by atoms with Gasteiger partial charge >= 0.3 is 0 Å². The first-order chi connectivity index (χ1) is 14.2. The molecular weight excluding hydrogens is 467 g/mol. The normalized spacial score (nSPS) is 13.1. The quantitative estimate of drug-likeness (QED) is 0.482. The van der Waals surface area contributed by atoms with Gasteiger partial charge in [-0.3, -0.25) is 9.69 Å². The molecule has 0 unspecified atom stereocenters. The van der Waals surface area contributed by atoms with Crippen molar-refractivity contribution in [1.29, 1.82) is 0 Å². The molecule has 1 aromatic heterocycles. The third-order valence-electron chi connectivity index (χ3n) is 5.51. The van der Waals surface area contributed by atoms with Gasteiger partial charge in [-0.1, -0.05) is 30.3 Å². The standard InChI is InChI=1S/C23H28N4O2.2ClH.2H2O/c1-29-22-10-5-4-9-21(22)27-15-13-26(14-16-27)12-6-11-24-23(28)20-17-18-7-2-3-8-19(18)25-20;;;;/h2-5,7-10,17,25H,6,11-16H2,1H3,(H,24,28);2*1H;2*1H2. The van der Waals surface area contributed by atoms with Crippen molar-refractivity contribution in [3.05, 3.63) is 60.3 Å². The third-order valence-corrected chi connectivity index (χ3v) is 5.51. The number of H-pyrrole nitrogens is 1. The molecule has 0 aliphatic carbocycles. The van der Waals surface area contributed by atoms with E-state index in [1.54, 1.807) is 7.11 Å². The maximum Gasteiger partial charge on any atom is 0.267 e. The second-order valence-corrected chi connectivity index (χ2v) is 7.38. The van der Waals surface area contributed by atoms with Gasteiger partial charge < -0.3 is 30.9 Å². The molecule has 0 spiro atoms. The van der Waals surface area contributed by atoms with Gasteiger partial charge in [-0.15, -0.1) is 24.8 Å². The minimum Gasteiger partial charge on any atom is -0.495 e. The zero-order valence-corrected chi connectivity index (χ0v) is 20.3. The summed E-state index contributed by atoms with van der Waals surface area (Å²) in [6.45, 7) is 5.69. The molecule has 10 heteroatoms. The Morgan fingerprint density at radius 3 is 2.36 bits per heavy atom. The molecule has 0 bridgehead atoms. The van der Waals surface area contributed by atoms with Crippen LogP contribution in [0.2, 0.25) is 0 Å². The van der Waals surface area contributed by atoms with Crippen LogP contribution >= 0.6 is 24.8 Å². The number of fused-ring (bicyclic) bond motifs is 1. The second-order valence-electron chi connectivity index (χ2n) is 7.38. The van der Waals surface area contributed by atoms with Crippen molar-refractivity contribution in [2.24, 2.45) is 0 Å². The van der Waals surface area contributed by atoms with Crippen LogP contribution in [0.25, 0.3) is 10.9 Å². The van der Waals surface area contributed by atoms with E-state index in [2.05, 4.69) is 32.2 Å². The van der Waals surface area contributed by atoms with Gasteiger partial charge in [0.15, 0.2) is 0 Å². The molecule has 33 heavy (non-hydrogen) atoms. The highest BCUT2D eigenvalue weighted by atomic mass is 35.5. The van der Waals surface area contributed by atoms with E-state index in [-0.39, 0.29) is 41.7 Å². The highest BCUT2D eigenvalue weighted by Gasteiger charge is 2.19. The Kier molecular flexibility index (Phi) is 13.5. The Morgan fingerprint density at radius 2 is 1.67 bits per heavy atom. The summed E-state index contributed by atoms with van der Waals surface area (Å²) in [5.74, 6) is 0.892. The molecule has 6 N–H and O–H groups in total. The first-order valence-electron chi connectivity index (χ1n) is 10.2. The highest BCUT2D eigenvalue weighted by molar-refractivity contribution is 5.97. The molecule has 1 saturated heterocycles. The number of methoxy groups -OCH3 is 1. The summed E-state index contributed by atoms with van der Waals surface area (Å²) in [7, 11) is 1.72. The molecule has 1 amide bonds. The molecule has 2 heterocycles. The SMILES string of the molecule is COc1ccccc1N1CCN(CCCNC(=O)c2cc3ccccc3[nH]2)CC1.Cl.Cl.O.O. The predicted molar refractivity (Wildman–Crippen MR) is 139 cm³/mol. The Labute approximate surface area is 206 Å². The lowest BCUT2D eigenvalue weighted by molar-refractivity contribution is 0.0947. The fraction of sp³-hybridized carbons (Fsp3) is 0.348. The summed E-state index contributed by atoms with van der Waals surface area (Å²) in [5.41, 5.74) is 2.78. The Morgan fingerprint density at radius 1 is 1.00 bits per heavy atom. The molecular formula is C23H34Cl2N4O4. The average Bonchev–Trinajstić information content (AvgIpc) is 3.21. The van der Waals surface area contributed by atoms with Crippen LogP contribution in [0.5, 0.6) is 5.75 Å². The van der Waals surface area contributed by atoms with Crippen LogP contribution in [-0.4, -0.2) is 73.1 Å². The Balaban J connectivity index is 0.00000256. The van der Waals surface area contributed by atoms with Gasteiger partial charge in [0.25, 0.3) is 5.91 Å². The van der Waals surface area contributed by atoms with Crippen molar-refractivity contribution >= 4 is 47.3 Å². The number of hydrogen-bond donors (Lipinski definition) is 2. The first kappa shape index (κ1) is 30.5. The summed E-state index contributed by atoms with van der Waals surface area (Å²) in [5, 5.41) is 4.09. The number of ether oxygens (including phenoxy) is 1. The van der Waals surface area contributed by atoms with E-state index in [1.165, 1.54) is 5.69 Å². The van der Waals surface area contributed by atoms with E-state index in [0.29, 0.717) is 12.2 Å². The van der Waals surface area contributed by atoms with Crippen LogP contribution in [0, 0.1) is 0 Å². The molecule has 1 fully saturated rings. The molecule has 0 radical (unpaired) electrons. The van der Waals surface area contributed by atoms with Crippen LogP contribution in [0.15, 0.2) is 54.6 Å². The second kappa shape index (κ2) is 14.6. The molecule has 2 aromatic carbocycles. The summed E-state index contributed by atoms with van der Waals surface area (Å²) in [4.78, 5) is 20.4. The lowest BCUT2D eigenvalue weighted by atomic mass is 10.2. The number of carbonyl (C=O) groups is 1. The van der Waals surface area contributed by atoms with Crippen molar-refractivity contribution in [3.8, 4) is 5.75 Å². The number of carbonyl (C=O) groups excluding carboxylic acids is 1. The summed E-state index contributed by atoms with van der Waals surface area (Å²) in [6, 6.07) is 18.0. The maximum atomic E-state index is 12.4. The number of aromatic amines is 1. The number of nitrogens with one attached hydrogen (secondary N) is 2. The van der Waals surface area contributed by atoms with E-state index in [1.807, 2.05) is 42.5 Å². The zero-order chi connectivity index (χ0) is 20.1. The van der Waals surface area contributed by atoms with Crippen LogP contribution in [0.1, 0.15) is 16.9 Å². The third kappa shape index (κ3) is 7.52. The number of aromatic nitrogens is 1. The van der Waals surface area contributed by atoms with Crippen LogP contribution in [0.3, 0.4) is 0 Å². The number of rotatable bonds is 7. The lowest BCUT2D eigenvalue weighted by Crippen LogP contribution is -2.47. The fourth-order valence-corrected chi connectivity index (χ4v) is 3.90. The number of piperazine rings is 1. The summed E-state index contributed by atoms with van der Waals surface area (Å²) in [6.07, 6.45) is 0.945. The van der Waals surface area contributed by atoms with E-state index in [9.17, 15) is 4.79 Å². The molecule has 4 rings (SSSR count). The molecule has 1 aliphatic heterocycles. The molecule has 8 nitrogen and oxygen atoms in total. The van der Waals surface area contributed by atoms with Gasteiger partial charge in [0.05, 0.1) is 12.8 Å².